The molecule has 2 unspecified atom stereocenters. The number of hydrogen-bond donors (Lipinski definition) is 0. The molecule has 0 radical (unpaired) electrons. The van der Waals surface area contributed by atoms with Gasteiger partial charge >= 0.3 is 0 Å². The average molecular weight is 701 g/mol. The Morgan fingerprint density at radius 1 is 0.306 bits per heavy atom. The minimum atomic E-state index is -1.14. The molecule has 0 aliphatic heterocycles. The summed E-state index contributed by atoms with van der Waals surface area (Å²) in [6, 6.07) is 0. The molecule has 0 rings (SSSR count). The summed E-state index contributed by atoms with van der Waals surface area (Å²) in [6.07, 6.45) is 25.0. The average Bonchev–Trinajstić information content (AvgIpc) is 3.10. The highest BCUT2D eigenvalue weighted by Gasteiger charge is 2.59. The molecule has 0 amide bonds. The van der Waals surface area contributed by atoms with E-state index in [2.05, 4.69) is 69.2 Å². The number of rotatable bonds is 38. The first-order chi connectivity index (χ1) is 23.7. The van der Waals surface area contributed by atoms with Crippen LogP contribution in [-0.4, -0.2) is 51.6 Å². The highest BCUT2D eigenvalue weighted by atomic mass is 16.9. The Bertz CT molecular complexity index is 598. The number of ether oxygens (including phenoxy) is 6. The zero-order valence-corrected chi connectivity index (χ0v) is 34.9. The van der Waals surface area contributed by atoms with Crippen molar-refractivity contribution in [2.75, 3.05) is 39.6 Å². The van der Waals surface area contributed by atoms with Gasteiger partial charge in [-0.3, -0.25) is 0 Å². The van der Waals surface area contributed by atoms with Crippen LogP contribution in [0.5, 0.6) is 0 Å². The Morgan fingerprint density at radius 2 is 0.531 bits per heavy atom. The minimum absolute atomic E-state index is 0.0464. The van der Waals surface area contributed by atoms with Crippen LogP contribution < -0.4 is 0 Å². The van der Waals surface area contributed by atoms with E-state index >= 15 is 0 Å². The van der Waals surface area contributed by atoms with Crippen molar-refractivity contribution >= 4 is 0 Å². The first-order valence-electron chi connectivity index (χ1n) is 21.6. The Balaban J connectivity index is 7.12. The number of unbranched alkanes of at least 4 members (excludes halogenated alkanes) is 12. The van der Waals surface area contributed by atoms with E-state index < -0.39 is 11.9 Å². The summed E-state index contributed by atoms with van der Waals surface area (Å²) in [7, 11) is 0. The van der Waals surface area contributed by atoms with E-state index in [1.54, 1.807) is 0 Å². The molecule has 0 fully saturated rings. The van der Waals surface area contributed by atoms with Crippen LogP contribution in [0.4, 0.5) is 0 Å². The van der Waals surface area contributed by atoms with E-state index in [4.69, 9.17) is 28.4 Å². The van der Waals surface area contributed by atoms with Gasteiger partial charge in [-0.05, 0) is 56.8 Å². The quantitative estimate of drug-likeness (QED) is 0.0472. The summed E-state index contributed by atoms with van der Waals surface area (Å²) in [5.74, 6) is -2.37. The standard InChI is InChI=1S/C43H88O6/c1-11-19-21-23-25-27-29-31-39(42(44-33-13-3,45-34-14-4)46-35-15-5)41(9,10)40(32-30-28-26-24-22-20-12-2)43(47-36-16-6,48-37-17-7)49-38-18-8/h39-40H,11-38H2,1-10H3. The third-order valence-corrected chi connectivity index (χ3v) is 9.89. The second-order valence-electron chi connectivity index (χ2n) is 15.0. The van der Waals surface area contributed by atoms with Gasteiger partial charge in [-0.15, -0.1) is 0 Å². The second-order valence-corrected chi connectivity index (χ2v) is 15.0. The molecule has 49 heavy (non-hydrogen) atoms. The summed E-state index contributed by atoms with van der Waals surface area (Å²) in [6.45, 7) is 26.0. The van der Waals surface area contributed by atoms with E-state index in [0.717, 1.165) is 64.2 Å². The molecule has 0 aliphatic rings. The van der Waals surface area contributed by atoms with Crippen LogP contribution in [0.15, 0.2) is 0 Å². The molecule has 0 bridgehead atoms. The normalized spacial score (nSPS) is 14.1. The van der Waals surface area contributed by atoms with Crippen molar-refractivity contribution in [2.45, 2.75) is 222 Å². The lowest BCUT2D eigenvalue weighted by molar-refractivity contribution is -0.446. The molecule has 0 heterocycles. The summed E-state index contributed by atoms with van der Waals surface area (Å²) in [5.41, 5.74) is -0.366. The van der Waals surface area contributed by atoms with Crippen molar-refractivity contribution in [2.24, 2.45) is 17.3 Å². The Morgan fingerprint density at radius 3 is 0.755 bits per heavy atom. The van der Waals surface area contributed by atoms with Crippen molar-refractivity contribution in [3.05, 3.63) is 0 Å². The van der Waals surface area contributed by atoms with Crippen LogP contribution in [0.25, 0.3) is 0 Å². The molecule has 2 atom stereocenters. The van der Waals surface area contributed by atoms with Gasteiger partial charge in [-0.2, -0.15) is 0 Å². The predicted octanol–water partition coefficient (Wildman–Crippen LogP) is 13.4. The zero-order chi connectivity index (χ0) is 36.7. The van der Waals surface area contributed by atoms with Gasteiger partial charge in [0, 0.05) is 11.8 Å². The Labute approximate surface area is 307 Å². The largest absolute Gasteiger partial charge is 0.327 e. The third kappa shape index (κ3) is 19.4. The molecule has 0 saturated carbocycles. The van der Waals surface area contributed by atoms with Crippen molar-refractivity contribution in [3.8, 4) is 0 Å². The fourth-order valence-electron chi connectivity index (χ4n) is 7.18. The molecular weight excluding hydrogens is 612 g/mol. The fraction of sp³-hybridized carbons (Fsp3) is 1.00. The van der Waals surface area contributed by atoms with Gasteiger partial charge in [0.15, 0.2) is 0 Å². The SMILES string of the molecule is CCCCCCCCCC(C(OCCC)(OCCC)OCCC)C(C)(C)C(CCCCCCCCC)C(OCCC)(OCCC)OCCC. The molecule has 6 nitrogen and oxygen atoms in total. The van der Waals surface area contributed by atoms with Crippen LogP contribution in [0.1, 0.15) is 210 Å². The molecule has 0 aromatic rings. The van der Waals surface area contributed by atoms with Crippen LogP contribution in [0, 0.1) is 17.3 Å². The van der Waals surface area contributed by atoms with Crippen molar-refractivity contribution in [3.63, 3.8) is 0 Å². The summed E-state index contributed by atoms with van der Waals surface area (Å²) in [5, 5.41) is 0. The maximum absolute atomic E-state index is 6.86. The van der Waals surface area contributed by atoms with Crippen LogP contribution >= 0.6 is 0 Å². The predicted molar refractivity (Wildman–Crippen MR) is 209 cm³/mol. The third-order valence-electron chi connectivity index (χ3n) is 9.89. The molecule has 0 N–H and O–H groups in total. The lowest BCUT2D eigenvalue weighted by atomic mass is 9.63. The van der Waals surface area contributed by atoms with Gasteiger partial charge in [0.2, 0.25) is 0 Å². The van der Waals surface area contributed by atoms with Gasteiger partial charge < -0.3 is 28.4 Å². The topological polar surface area (TPSA) is 55.4 Å². The minimum Gasteiger partial charge on any atom is -0.327 e. The monoisotopic (exact) mass is 701 g/mol. The summed E-state index contributed by atoms with van der Waals surface area (Å²) < 4.78 is 41.2. The van der Waals surface area contributed by atoms with Crippen molar-refractivity contribution in [1.82, 2.24) is 0 Å². The summed E-state index contributed by atoms with van der Waals surface area (Å²) in [4.78, 5) is 0. The van der Waals surface area contributed by atoms with E-state index in [-0.39, 0.29) is 17.3 Å². The van der Waals surface area contributed by atoms with Gasteiger partial charge in [-0.1, -0.05) is 159 Å². The first kappa shape index (κ1) is 48.8. The fourth-order valence-corrected chi connectivity index (χ4v) is 7.18. The van der Waals surface area contributed by atoms with Crippen molar-refractivity contribution < 1.29 is 28.4 Å². The number of hydrogen-bond acceptors (Lipinski definition) is 6. The molecule has 0 aliphatic carbocycles. The molecular formula is C43H88O6. The van der Waals surface area contributed by atoms with E-state index in [1.165, 1.54) is 77.0 Å². The van der Waals surface area contributed by atoms with Crippen LogP contribution in [-0.2, 0) is 28.4 Å². The Kier molecular flexibility index (Phi) is 31.1. The van der Waals surface area contributed by atoms with Gasteiger partial charge in [0.1, 0.15) is 0 Å². The van der Waals surface area contributed by atoms with Crippen molar-refractivity contribution in [1.29, 1.82) is 0 Å². The molecule has 6 heteroatoms. The molecule has 0 aromatic heterocycles. The summed E-state index contributed by atoms with van der Waals surface area (Å²) >= 11 is 0. The van der Waals surface area contributed by atoms with Gasteiger partial charge in [0.05, 0.1) is 39.6 Å². The van der Waals surface area contributed by atoms with E-state index in [0.29, 0.717) is 39.6 Å². The lowest BCUT2D eigenvalue weighted by Crippen LogP contribution is -2.60. The molecule has 0 spiro atoms. The highest BCUT2D eigenvalue weighted by Crippen LogP contribution is 2.53. The smallest absolute Gasteiger partial charge is 0.286 e. The highest BCUT2D eigenvalue weighted by molar-refractivity contribution is 4.95. The van der Waals surface area contributed by atoms with E-state index in [9.17, 15) is 0 Å². The maximum Gasteiger partial charge on any atom is 0.286 e. The second kappa shape index (κ2) is 31.3. The van der Waals surface area contributed by atoms with Gasteiger partial charge in [0.25, 0.3) is 11.9 Å². The molecule has 0 aromatic carbocycles. The van der Waals surface area contributed by atoms with Crippen LogP contribution in [0.2, 0.25) is 0 Å². The van der Waals surface area contributed by atoms with Gasteiger partial charge in [-0.25, -0.2) is 0 Å². The maximum atomic E-state index is 6.86. The zero-order valence-electron chi connectivity index (χ0n) is 34.9. The lowest BCUT2D eigenvalue weighted by Gasteiger charge is -2.53. The molecule has 0 saturated heterocycles. The molecule has 296 valence electrons. The Hall–Kier alpha value is -0.240. The first-order valence-corrected chi connectivity index (χ1v) is 21.6. The van der Waals surface area contributed by atoms with E-state index in [1.807, 2.05) is 0 Å². The van der Waals surface area contributed by atoms with Crippen LogP contribution in [0.3, 0.4) is 0 Å².